The fourth-order valence-corrected chi connectivity index (χ4v) is 5.76. The van der Waals surface area contributed by atoms with Crippen LogP contribution in [0.2, 0.25) is 0 Å². The van der Waals surface area contributed by atoms with E-state index in [0.29, 0.717) is 25.2 Å². The Morgan fingerprint density at radius 2 is 1.97 bits per heavy atom. The minimum Gasteiger partial charge on any atom is -0.444 e. The highest BCUT2D eigenvalue weighted by molar-refractivity contribution is 14.1. The molecule has 2 aromatic rings. The Bertz CT molecular complexity index is 1000. The first-order valence-corrected chi connectivity index (χ1v) is 12.4. The molecule has 1 N–H and O–H groups in total. The number of amides is 1. The molecule has 3 fully saturated rings. The summed E-state index contributed by atoms with van der Waals surface area (Å²) in [4.78, 5) is 24.2. The third-order valence-corrected chi connectivity index (χ3v) is 7.32. The van der Waals surface area contributed by atoms with Crippen LogP contribution in [0.4, 0.5) is 16.3 Å². The Labute approximate surface area is 201 Å². The van der Waals surface area contributed by atoms with Crippen LogP contribution in [0.5, 0.6) is 0 Å². The number of H-pyrrole nitrogens is 1. The number of aromatic nitrogens is 3. The van der Waals surface area contributed by atoms with Crippen molar-refractivity contribution in [3.63, 3.8) is 0 Å². The van der Waals surface area contributed by atoms with Crippen molar-refractivity contribution in [3.8, 4) is 0 Å². The number of carbonyl (C=O) groups excluding carboxylic acids is 1. The number of nitrogens with one attached hydrogen (secondary N) is 1. The van der Waals surface area contributed by atoms with Gasteiger partial charge >= 0.3 is 6.09 Å². The molecule has 1 amide bonds. The molecule has 3 aliphatic rings. The number of piperazine rings is 1. The summed E-state index contributed by atoms with van der Waals surface area (Å²) in [5, 5.41) is 8.66. The normalized spacial score (nSPS) is 26.2. The van der Waals surface area contributed by atoms with Crippen LogP contribution in [0, 0.1) is 3.70 Å². The van der Waals surface area contributed by atoms with Crippen molar-refractivity contribution in [1.29, 1.82) is 0 Å². The van der Waals surface area contributed by atoms with Gasteiger partial charge in [0, 0.05) is 31.7 Å². The van der Waals surface area contributed by atoms with E-state index in [1.54, 1.807) is 0 Å². The zero-order chi connectivity index (χ0) is 22.6. The summed E-state index contributed by atoms with van der Waals surface area (Å²) < 4.78 is 12.4. The van der Waals surface area contributed by atoms with Gasteiger partial charge < -0.3 is 24.2 Å². The van der Waals surface area contributed by atoms with Gasteiger partial charge in [0.1, 0.15) is 15.1 Å². The van der Waals surface area contributed by atoms with E-state index in [2.05, 4.69) is 55.6 Å². The Balaban J connectivity index is 1.45. The number of hydrogen-bond acceptors (Lipinski definition) is 7. The Kier molecular flexibility index (Phi) is 5.63. The minimum absolute atomic E-state index is 0.141. The smallest absolute Gasteiger partial charge is 0.410 e. The van der Waals surface area contributed by atoms with Gasteiger partial charge in [-0.15, -0.1) is 0 Å². The number of pyridine rings is 1. The van der Waals surface area contributed by atoms with Gasteiger partial charge in [-0.1, -0.05) is 0 Å². The molecule has 0 aliphatic carbocycles. The second-order valence-corrected chi connectivity index (χ2v) is 11.1. The zero-order valence-corrected chi connectivity index (χ0v) is 21.3. The largest absolute Gasteiger partial charge is 0.444 e. The van der Waals surface area contributed by atoms with Crippen LogP contribution in [0.1, 0.15) is 40.5 Å². The maximum absolute atomic E-state index is 12.6. The molecule has 2 unspecified atom stereocenters. The van der Waals surface area contributed by atoms with E-state index >= 15 is 0 Å². The number of anilines is 2. The molecule has 3 aliphatic heterocycles. The van der Waals surface area contributed by atoms with Crippen molar-refractivity contribution in [2.24, 2.45) is 0 Å². The van der Waals surface area contributed by atoms with Crippen molar-refractivity contribution in [2.45, 2.75) is 64.3 Å². The zero-order valence-electron chi connectivity index (χ0n) is 19.1. The van der Waals surface area contributed by atoms with Gasteiger partial charge in [0.25, 0.3) is 0 Å². The monoisotopic (exact) mass is 554 g/mol. The lowest BCUT2D eigenvalue weighted by atomic mass is 10.1. The van der Waals surface area contributed by atoms with Crippen LogP contribution < -0.4 is 9.80 Å². The molecule has 3 saturated heterocycles. The van der Waals surface area contributed by atoms with Crippen LogP contribution in [-0.4, -0.2) is 82.7 Å². The van der Waals surface area contributed by atoms with E-state index in [0.717, 1.165) is 58.8 Å². The molecule has 5 heterocycles. The lowest BCUT2D eigenvalue weighted by Crippen LogP contribution is -2.54. The van der Waals surface area contributed by atoms with Gasteiger partial charge in [-0.25, -0.2) is 9.78 Å². The number of aromatic amines is 1. The fraction of sp³-hybridized carbons (Fsp3) is 0.682. The van der Waals surface area contributed by atoms with Crippen molar-refractivity contribution >= 4 is 51.2 Å². The third kappa shape index (κ3) is 4.00. The first-order chi connectivity index (χ1) is 15.2. The average molecular weight is 554 g/mol. The van der Waals surface area contributed by atoms with Crippen molar-refractivity contribution in [2.75, 3.05) is 42.6 Å². The molecule has 0 radical (unpaired) electrons. The molecule has 32 heavy (non-hydrogen) atoms. The van der Waals surface area contributed by atoms with Crippen molar-refractivity contribution in [1.82, 2.24) is 20.1 Å². The van der Waals surface area contributed by atoms with Gasteiger partial charge in [-0.05, 0) is 63.1 Å². The van der Waals surface area contributed by atoms with Gasteiger partial charge in [0.05, 0.1) is 36.4 Å². The second kappa shape index (κ2) is 8.19. The highest BCUT2D eigenvalue weighted by Gasteiger charge is 2.39. The van der Waals surface area contributed by atoms with E-state index in [9.17, 15) is 4.79 Å². The Hall–Kier alpha value is -1.82. The molecule has 174 valence electrons. The molecule has 10 heteroatoms. The lowest BCUT2D eigenvalue weighted by Gasteiger charge is -2.42. The summed E-state index contributed by atoms with van der Waals surface area (Å²) in [6, 6.07) is 3.12. The van der Waals surface area contributed by atoms with Gasteiger partial charge in [0.15, 0.2) is 5.65 Å². The first-order valence-electron chi connectivity index (χ1n) is 11.4. The summed E-state index contributed by atoms with van der Waals surface area (Å²) in [6.45, 7) is 11.4. The molecule has 9 nitrogen and oxygen atoms in total. The molecule has 0 saturated carbocycles. The standard InChI is InChI=1S/C22H31IN6O3/c1-13-10-27(21(30)32-22(2,3)4)7-8-28(13)16-9-17(24-20-18(16)19(23)25-26-20)29-14-5-6-15(29)12-31-11-14/h9,13-15H,5-8,10-12H2,1-4H3,(H,24,25,26)/t13-,14?,15?/m1/s1. The number of ether oxygens (including phenoxy) is 2. The number of hydrogen-bond donors (Lipinski definition) is 1. The summed E-state index contributed by atoms with van der Waals surface area (Å²) in [7, 11) is 0. The highest BCUT2D eigenvalue weighted by atomic mass is 127. The van der Waals surface area contributed by atoms with Crippen LogP contribution in [0.15, 0.2) is 6.07 Å². The summed E-state index contributed by atoms with van der Waals surface area (Å²) in [5.41, 5.74) is 1.38. The Morgan fingerprint density at radius 1 is 1.25 bits per heavy atom. The molecular formula is C22H31IN6O3. The number of halogens is 1. The second-order valence-electron chi connectivity index (χ2n) is 10.0. The van der Waals surface area contributed by atoms with Gasteiger partial charge in [0.2, 0.25) is 0 Å². The predicted molar refractivity (Wildman–Crippen MR) is 131 cm³/mol. The summed E-state index contributed by atoms with van der Waals surface area (Å²) >= 11 is 2.30. The molecule has 5 rings (SSSR count). The van der Waals surface area contributed by atoms with E-state index in [1.165, 1.54) is 0 Å². The fourth-order valence-electron chi connectivity index (χ4n) is 5.12. The molecule has 2 aromatic heterocycles. The number of rotatable bonds is 2. The number of carbonyl (C=O) groups is 1. The topological polar surface area (TPSA) is 86.8 Å². The summed E-state index contributed by atoms with van der Waals surface area (Å²) in [5.74, 6) is 0.980. The molecular weight excluding hydrogens is 523 g/mol. The van der Waals surface area contributed by atoms with Crippen LogP contribution >= 0.6 is 22.6 Å². The van der Waals surface area contributed by atoms with Crippen LogP contribution in [0.3, 0.4) is 0 Å². The van der Waals surface area contributed by atoms with Gasteiger partial charge in [-0.2, -0.15) is 5.10 Å². The number of fused-ring (bicyclic) bond motifs is 3. The predicted octanol–water partition coefficient (Wildman–Crippen LogP) is 3.38. The molecule has 3 atom stereocenters. The van der Waals surface area contributed by atoms with Gasteiger partial charge in [-0.3, -0.25) is 5.10 Å². The van der Waals surface area contributed by atoms with Crippen molar-refractivity contribution < 1.29 is 14.3 Å². The van der Waals surface area contributed by atoms with E-state index in [4.69, 9.17) is 14.5 Å². The van der Waals surface area contributed by atoms with Crippen LogP contribution in [-0.2, 0) is 9.47 Å². The number of morpholine rings is 1. The minimum atomic E-state index is -0.492. The third-order valence-electron chi connectivity index (χ3n) is 6.54. The maximum Gasteiger partial charge on any atom is 0.410 e. The van der Waals surface area contributed by atoms with E-state index in [-0.39, 0.29) is 12.1 Å². The molecule has 0 spiro atoms. The molecule has 0 aromatic carbocycles. The molecule has 2 bridgehead atoms. The number of nitrogens with zero attached hydrogens (tertiary/aromatic N) is 5. The Morgan fingerprint density at radius 3 is 2.62 bits per heavy atom. The first kappa shape index (κ1) is 22.0. The maximum atomic E-state index is 12.6. The average Bonchev–Trinajstić information content (AvgIpc) is 3.22. The van der Waals surface area contributed by atoms with Crippen LogP contribution in [0.25, 0.3) is 11.0 Å². The highest BCUT2D eigenvalue weighted by Crippen LogP contribution is 2.39. The summed E-state index contributed by atoms with van der Waals surface area (Å²) in [6.07, 6.45) is 2.04. The quantitative estimate of drug-likeness (QED) is 0.570. The van der Waals surface area contributed by atoms with E-state index < -0.39 is 5.60 Å². The van der Waals surface area contributed by atoms with E-state index in [1.807, 2.05) is 25.7 Å². The van der Waals surface area contributed by atoms with Crippen molar-refractivity contribution in [3.05, 3.63) is 9.77 Å². The lowest BCUT2D eigenvalue weighted by molar-refractivity contribution is 0.0219. The SMILES string of the molecule is C[C@@H]1CN(C(=O)OC(C)(C)C)CCN1c1cc(N2C3CCC2COC3)nc2n[nH]c(I)c12.